The number of carbonyl (C=O) groups excluding carboxylic acids is 2. The lowest BCUT2D eigenvalue weighted by molar-refractivity contribution is -0.113. The lowest BCUT2D eigenvalue weighted by Crippen LogP contribution is -2.30. The number of hydrogen-bond donors (Lipinski definition) is 3. The second-order valence-electron chi connectivity index (χ2n) is 6.84. The van der Waals surface area contributed by atoms with E-state index in [1.165, 1.54) is 11.8 Å². The molecule has 1 aliphatic carbocycles. The van der Waals surface area contributed by atoms with Crippen molar-refractivity contribution in [3.05, 3.63) is 51.6 Å². The number of aromatic nitrogens is 2. The summed E-state index contributed by atoms with van der Waals surface area (Å²) in [5.74, 6) is -0.627. The van der Waals surface area contributed by atoms with E-state index in [4.69, 9.17) is 10.8 Å². The number of nitrogens with one attached hydrogen (secondary N) is 1. The lowest BCUT2D eigenvalue weighted by Gasteiger charge is -2.22. The second-order valence-corrected chi connectivity index (χ2v) is 7.80. The first-order valence-corrected chi connectivity index (χ1v) is 10.5. The SMILES string of the molecule is NC(=O)c1ccc(NC(=O)CSc2nc(=O)n(CCCO)c3c2CCCC3)cc1. The Balaban J connectivity index is 1.69. The van der Waals surface area contributed by atoms with Gasteiger partial charge < -0.3 is 16.2 Å². The van der Waals surface area contributed by atoms with Gasteiger partial charge in [-0.2, -0.15) is 4.98 Å². The van der Waals surface area contributed by atoms with Crippen LogP contribution in [0.1, 0.15) is 40.9 Å². The topological polar surface area (TPSA) is 127 Å². The van der Waals surface area contributed by atoms with Gasteiger partial charge in [-0.05, 0) is 56.4 Å². The van der Waals surface area contributed by atoms with Crippen LogP contribution in [0.3, 0.4) is 0 Å². The van der Waals surface area contributed by atoms with Gasteiger partial charge in [-0.15, -0.1) is 0 Å². The molecule has 3 rings (SSSR count). The summed E-state index contributed by atoms with van der Waals surface area (Å²) < 4.78 is 1.66. The monoisotopic (exact) mass is 416 g/mol. The molecular formula is C20H24N4O4S. The van der Waals surface area contributed by atoms with Gasteiger partial charge in [0.15, 0.2) is 0 Å². The Hall–Kier alpha value is -2.65. The van der Waals surface area contributed by atoms with Crippen LogP contribution in [0.4, 0.5) is 5.69 Å². The summed E-state index contributed by atoms with van der Waals surface area (Å²) in [6.45, 7) is 0.482. The Labute approximate surface area is 172 Å². The maximum atomic E-state index is 12.5. The van der Waals surface area contributed by atoms with E-state index in [0.29, 0.717) is 29.2 Å². The summed E-state index contributed by atoms with van der Waals surface area (Å²) >= 11 is 1.26. The molecule has 0 saturated heterocycles. The number of fused-ring (bicyclic) bond motifs is 1. The standard InChI is InChI=1S/C20H24N4O4S/c21-18(27)13-6-8-14(9-7-13)22-17(26)12-29-19-15-4-1-2-5-16(15)24(10-3-11-25)20(28)23-19/h6-9,25H,1-5,10-12H2,(H2,21,27)(H,22,26). The highest BCUT2D eigenvalue weighted by Crippen LogP contribution is 2.28. The van der Waals surface area contributed by atoms with E-state index in [9.17, 15) is 14.4 Å². The van der Waals surface area contributed by atoms with E-state index in [2.05, 4.69) is 10.3 Å². The zero-order chi connectivity index (χ0) is 20.8. The molecule has 154 valence electrons. The van der Waals surface area contributed by atoms with Crippen LogP contribution in [0.2, 0.25) is 0 Å². The Morgan fingerprint density at radius 2 is 1.93 bits per heavy atom. The van der Waals surface area contributed by atoms with Crippen molar-refractivity contribution in [1.29, 1.82) is 0 Å². The number of thioether (sulfide) groups is 1. The van der Waals surface area contributed by atoms with Crippen molar-refractivity contribution in [2.24, 2.45) is 5.73 Å². The number of nitrogens with zero attached hydrogens (tertiary/aromatic N) is 2. The van der Waals surface area contributed by atoms with Crippen LogP contribution in [-0.4, -0.2) is 38.8 Å². The van der Waals surface area contributed by atoms with Crippen molar-refractivity contribution < 1.29 is 14.7 Å². The molecule has 0 saturated carbocycles. The molecule has 9 heteroatoms. The molecule has 1 aromatic heterocycles. The Kier molecular flexibility index (Phi) is 7.05. The first-order chi connectivity index (χ1) is 14.0. The van der Waals surface area contributed by atoms with Crippen LogP contribution in [0.25, 0.3) is 0 Å². The number of amides is 2. The normalized spacial score (nSPS) is 13.0. The minimum Gasteiger partial charge on any atom is -0.396 e. The van der Waals surface area contributed by atoms with Crippen LogP contribution in [0.5, 0.6) is 0 Å². The summed E-state index contributed by atoms with van der Waals surface area (Å²) in [6.07, 6.45) is 4.20. The van der Waals surface area contributed by atoms with Gasteiger partial charge >= 0.3 is 5.69 Å². The predicted molar refractivity (Wildman–Crippen MR) is 111 cm³/mol. The van der Waals surface area contributed by atoms with Crippen molar-refractivity contribution >= 4 is 29.3 Å². The minimum atomic E-state index is -0.525. The number of nitrogens with two attached hydrogens (primary N) is 1. The van der Waals surface area contributed by atoms with E-state index in [1.54, 1.807) is 28.8 Å². The molecule has 0 bridgehead atoms. The van der Waals surface area contributed by atoms with Gasteiger partial charge in [0.1, 0.15) is 5.03 Å². The number of primary amides is 1. The first-order valence-electron chi connectivity index (χ1n) is 9.55. The molecule has 0 aliphatic heterocycles. The average molecular weight is 417 g/mol. The predicted octanol–water partition coefficient (Wildman–Crippen LogP) is 1.33. The third-order valence-electron chi connectivity index (χ3n) is 4.78. The van der Waals surface area contributed by atoms with E-state index in [1.807, 2.05) is 0 Å². The maximum absolute atomic E-state index is 12.5. The molecule has 2 aromatic rings. The summed E-state index contributed by atoms with van der Waals surface area (Å²) in [5.41, 5.74) is 7.83. The van der Waals surface area contributed by atoms with Gasteiger partial charge in [0.25, 0.3) is 0 Å². The van der Waals surface area contributed by atoms with E-state index in [-0.39, 0.29) is 24.0 Å². The number of hydrogen-bond acceptors (Lipinski definition) is 6. The van der Waals surface area contributed by atoms with Crippen LogP contribution in [0, 0.1) is 0 Å². The fourth-order valence-corrected chi connectivity index (χ4v) is 4.25. The highest BCUT2D eigenvalue weighted by atomic mass is 32.2. The summed E-state index contributed by atoms with van der Waals surface area (Å²) in [4.78, 5) is 40.1. The molecule has 0 spiro atoms. The van der Waals surface area contributed by atoms with E-state index < -0.39 is 5.91 Å². The molecule has 4 N–H and O–H groups in total. The third kappa shape index (κ3) is 5.24. The van der Waals surface area contributed by atoms with E-state index in [0.717, 1.165) is 36.9 Å². The zero-order valence-corrected chi connectivity index (χ0v) is 16.8. The van der Waals surface area contributed by atoms with Crippen molar-refractivity contribution in [1.82, 2.24) is 9.55 Å². The molecule has 1 aliphatic rings. The fraction of sp³-hybridized carbons (Fsp3) is 0.400. The summed E-state index contributed by atoms with van der Waals surface area (Å²) in [5, 5.41) is 12.5. The van der Waals surface area contributed by atoms with E-state index >= 15 is 0 Å². The number of rotatable bonds is 8. The van der Waals surface area contributed by atoms with Crippen LogP contribution in [-0.2, 0) is 24.2 Å². The van der Waals surface area contributed by atoms with Crippen LogP contribution < -0.4 is 16.7 Å². The quantitative estimate of drug-likeness (QED) is 0.440. The molecule has 1 heterocycles. The number of aliphatic hydroxyl groups excluding tert-OH is 1. The second kappa shape index (κ2) is 9.71. The molecule has 0 unspecified atom stereocenters. The van der Waals surface area contributed by atoms with Gasteiger partial charge in [-0.25, -0.2) is 4.79 Å². The summed E-state index contributed by atoms with van der Waals surface area (Å²) in [7, 11) is 0. The molecule has 0 fully saturated rings. The highest BCUT2D eigenvalue weighted by Gasteiger charge is 2.21. The number of benzene rings is 1. The molecule has 0 radical (unpaired) electrons. The van der Waals surface area contributed by atoms with Crippen molar-refractivity contribution in [3.63, 3.8) is 0 Å². The van der Waals surface area contributed by atoms with Gasteiger partial charge in [-0.3, -0.25) is 14.2 Å². The van der Waals surface area contributed by atoms with Gasteiger partial charge in [0, 0.05) is 35.7 Å². The minimum absolute atomic E-state index is 0.0261. The van der Waals surface area contributed by atoms with Crippen molar-refractivity contribution in [3.8, 4) is 0 Å². The molecule has 1 aromatic carbocycles. The molecular weight excluding hydrogens is 392 g/mol. The third-order valence-corrected chi connectivity index (χ3v) is 5.80. The number of aliphatic hydroxyl groups is 1. The Bertz CT molecular complexity index is 956. The molecule has 2 amide bonds. The highest BCUT2D eigenvalue weighted by molar-refractivity contribution is 8.00. The molecule has 0 atom stereocenters. The van der Waals surface area contributed by atoms with Crippen LogP contribution in [0.15, 0.2) is 34.1 Å². The maximum Gasteiger partial charge on any atom is 0.348 e. The zero-order valence-electron chi connectivity index (χ0n) is 16.0. The van der Waals surface area contributed by atoms with Crippen LogP contribution >= 0.6 is 11.8 Å². The average Bonchev–Trinajstić information content (AvgIpc) is 2.72. The smallest absolute Gasteiger partial charge is 0.348 e. The summed E-state index contributed by atoms with van der Waals surface area (Å²) in [6, 6.07) is 6.33. The Morgan fingerprint density at radius 1 is 1.21 bits per heavy atom. The lowest BCUT2D eigenvalue weighted by atomic mass is 9.97. The van der Waals surface area contributed by atoms with Crippen molar-refractivity contribution in [2.75, 3.05) is 17.7 Å². The Morgan fingerprint density at radius 3 is 2.62 bits per heavy atom. The fourth-order valence-electron chi connectivity index (χ4n) is 3.38. The molecule has 29 heavy (non-hydrogen) atoms. The van der Waals surface area contributed by atoms with Gasteiger partial charge in [0.05, 0.1) is 5.75 Å². The van der Waals surface area contributed by atoms with Gasteiger partial charge in [0.2, 0.25) is 11.8 Å². The van der Waals surface area contributed by atoms with Crippen molar-refractivity contribution in [2.45, 2.75) is 43.7 Å². The molecule has 8 nitrogen and oxygen atoms in total. The van der Waals surface area contributed by atoms with Gasteiger partial charge in [-0.1, -0.05) is 11.8 Å². The first kappa shape index (κ1) is 21.1. The number of anilines is 1. The number of carbonyl (C=O) groups is 2. The largest absolute Gasteiger partial charge is 0.396 e.